The van der Waals surface area contributed by atoms with Gasteiger partial charge in [-0.1, -0.05) is 24.3 Å². The molecule has 0 spiro atoms. The third-order valence-electron chi connectivity index (χ3n) is 4.71. The van der Waals surface area contributed by atoms with Crippen LogP contribution in [-0.4, -0.2) is 38.1 Å². The van der Waals surface area contributed by atoms with E-state index in [1.165, 1.54) is 11.1 Å². The highest BCUT2D eigenvalue weighted by atomic mass is 32.2. The van der Waals surface area contributed by atoms with Crippen molar-refractivity contribution in [2.45, 2.75) is 25.7 Å². The van der Waals surface area contributed by atoms with Crippen LogP contribution in [0.5, 0.6) is 0 Å². The van der Waals surface area contributed by atoms with Gasteiger partial charge in [-0.15, -0.1) is 0 Å². The fraction of sp³-hybridized carbons (Fsp3) is 0.562. The molecule has 1 fully saturated rings. The normalized spacial score (nSPS) is 22.0. The molecule has 22 heavy (non-hydrogen) atoms. The Balaban J connectivity index is 1.52. The topological polar surface area (TPSA) is 80.5 Å². The summed E-state index contributed by atoms with van der Waals surface area (Å²) in [5.74, 6) is 0.489. The molecule has 1 heterocycles. The number of nitrogens with two attached hydrogens (primary N) is 1. The highest BCUT2D eigenvalue weighted by molar-refractivity contribution is 7.89. The van der Waals surface area contributed by atoms with Gasteiger partial charge < -0.3 is 4.90 Å². The Bertz CT molecular complexity index is 647. The van der Waals surface area contributed by atoms with Crippen LogP contribution in [0.3, 0.4) is 0 Å². The van der Waals surface area contributed by atoms with Crippen molar-refractivity contribution in [1.29, 1.82) is 0 Å². The zero-order chi connectivity index (χ0) is 15.7. The Morgan fingerprint density at radius 1 is 1.18 bits per heavy atom. The van der Waals surface area contributed by atoms with Crippen molar-refractivity contribution in [3.05, 3.63) is 35.4 Å². The van der Waals surface area contributed by atoms with E-state index >= 15 is 0 Å². The lowest BCUT2D eigenvalue weighted by Crippen LogP contribution is -2.32. The van der Waals surface area contributed by atoms with E-state index in [9.17, 15) is 13.2 Å². The highest BCUT2D eigenvalue weighted by Crippen LogP contribution is 2.29. The number of amides is 1. The molecular weight excluding hydrogens is 300 g/mol. The van der Waals surface area contributed by atoms with Crippen LogP contribution in [0.15, 0.2) is 24.3 Å². The Morgan fingerprint density at radius 3 is 2.41 bits per heavy atom. The van der Waals surface area contributed by atoms with Gasteiger partial charge in [0.25, 0.3) is 0 Å². The molecule has 0 unspecified atom stereocenters. The van der Waals surface area contributed by atoms with Crippen LogP contribution in [0.1, 0.15) is 24.0 Å². The molecule has 1 aliphatic carbocycles. The first-order chi connectivity index (χ1) is 10.4. The van der Waals surface area contributed by atoms with Crippen LogP contribution in [-0.2, 0) is 27.7 Å². The summed E-state index contributed by atoms with van der Waals surface area (Å²) >= 11 is 0. The highest BCUT2D eigenvalue weighted by Gasteiger charge is 2.31. The average Bonchev–Trinajstić information content (AvgIpc) is 3.02. The maximum absolute atomic E-state index is 12.4. The SMILES string of the molecule is NS(=O)(=O)C[C@@H]1CCN(C(=O)CC2Cc3ccccc3C2)C1. The fourth-order valence-corrected chi connectivity index (χ4v) is 4.62. The number of benzene rings is 1. The van der Waals surface area contributed by atoms with Crippen molar-refractivity contribution in [2.75, 3.05) is 18.8 Å². The van der Waals surface area contributed by atoms with Gasteiger partial charge in [-0.2, -0.15) is 0 Å². The number of rotatable bonds is 4. The van der Waals surface area contributed by atoms with Crippen LogP contribution in [0.2, 0.25) is 0 Å². The van der Waals surface area contributed by atoms with Gasteiger partial charge in [0.2, 0.25) is 15.9 Å². The molecule has 6 heteroatoms. The zero-order valence-electron chi connectivity index (χ0n) is 12.6. The van der Waals surface area contributed by atoms with Crippen LogP contribution in [0, 0.1) is 11.8 Å². The smallest absolute Gasteiger partial charge is 0.222 e. The molecule has 2 aliphatic rings. The monoisotopic (exact) mass is 322 g/mol. The van der Waals surface area contributed by atoms with Gasteiger partial charge in [-0.25, -0.2) is 13.6 Å². The second kappa shape index (κ2) is 6.01. The minimum Gasteiger partial charge on any atom is -0.342 e. The third-order valence-corrected chi connectivity index (χ3v) is 5.64. The minimum absolute atomic E-state index is 0.0141. The minimum atomic E-state index is -3.45. The molecule has 0 radical (unpaired) electrons. The second-order valence-corrected chi connectivity index (χ2v) is 8.23. The Labute approximate surface area is 131 Å². The lowest BCUT2D eigenvalue weighted by atomic mass is 10.0. The predicted molar refractivity (Wildman–Crippen MR) is 84.6 cm³/mol. The molecule has 1 aromatic rings. The molecule has 1 aliphatic heterocycles. The van der Waals surface area contributed by atoms with Gasteiger partial charge in [-0.05, 0) is 42.2 Å². The standard InChI is InChI=1S/C16H22N2O3S/c17-22(20,21)11-12-5-6-18(10-12)16(19)9-13-7-14-3-1-2-4-15(14)8-13/h1-4,12-13H,5-11H2,(H2,17,20,21)/t12-/m1/s1. The first kappa shape index (κ1) is 15.5. The van der Waals surface area contributed by atoms with Gasteiger partial charge in [0.15, 0.2) is 0 Å². The number of hydrogen-bond donors (Lipinski definition) is 1. The molecular formula is C16H22N2O3S. The summed E-state index contributed by atoms with van der Waals surface area (Å²) in [7, 11) is -3.45. The Hall–Kier alpha value is -1.40. The first-order valence-electron chi connectivity index (χ1n) is 7.76. The van der Waals surface area contributed by atoms with Crippen LogP contribution >= 0.6 is 0 Å². The molecule has 1 atom stereocenters. The van der Waals surface area contributed by atoms with Gasteiger partial charge in [0.1, 0.15) is 0 Å². The van der Waals surface area contributed by atoms with Gasteiger partial charge in [-0.3, -0.25) is 4.79 Å². The molecule has 1 amide bonds. The molecule has 2 N–H and O–H groups in total. The average molecular weight is 322 g/mol. The summed E-state index contributed by atoms with van der Waals surface area (Å²) in [5.41, 5.74) is 2.71. The third kappa shape index (κ3) is 3.67. The number of likely N-dealkylation sites (tertiary alicyclic amines) is 1. The van der Waals surface area contributed by atoms with E-state index in [0.717, 1.165) is 19.3 Å². The van der Waals surface area contributed by atoms with E-state index in [-0.39, 0.29) is 17.6 Å². The predicted octanol–water partition coefficient (Wildman–Crippen LogP) is 0.929. The van der Waals surface area contributed by atoms with E-state index < -0.39 is 10.0 Å². The summed E-state index contributed by atoms with van der Waals surface area (Å²) in [6.45, 7) is 1.17. The van der Waals surface area contributed by atoms with Gasteiger partial charge in [0.05, 0.1) is 5.75 Å². The Morgan fingerprint density at radius 2 is 1.82 bits per heavy atom. The van der Waals surface area contributed by atoms with Crippen molar-refractivity contribution >= 4 is 15.9 Å². The van der Waals surface area contributed by atoms with Crippen molar-refractivity contribution in [3.63, 3.8) is 0 Å². The quantitative estimate of drug-likeness (QED) is 0.895. The number of carbonyl (C=O) groups excluding carboxylic acids is 1. The van der Waals surface area contributed by atoms with E-state index in [4.69, 9.17) is 5.14 Å². The number of nitrogens with zero attached hydrogens (tertiary/aromatic N) is 1. The number of fused-ring (bicyclic) bond motifs is 1. The number of primary sulfonamides is 1. The summed E-state index contributed by atoms with van der Waals surface area (Å²) < 4.78 is 22.3. The van der Waals surface area contributed by atoms with E-state index in [2.05, 4.69) is 12.1 Å². The lowest BCUT2D eigenvalue weighted by molar-refractivity contribution is -0.131. The maximum Gasteiger partial charge on any atom is 0.222 e. The van der Waals surface area contributed by atoms with E-state index in [1.807, 2.05) is 12.1 Å². The van der Waals surface area contributed by atoms with E-state index in [0.29, 0.717) is 25.4 Å². The lowest BCUT2D eigenvalue weighted by Gasteiger charge is -2.18. The molecule has 1 saturated heterocycles. The Kier molecular flexibility index (Phi) is 4.23. The molecule has 3 rings (SSSR count). The van der Waals surface area contributed by atoms with Gasteiger partial charge >= 0.3 is 0 Å². The van der Waals surface area contributed by atoms with Crippen LogP contribution < -0.4 is 5.14 Å². The van der Waals surface area contributed by atoms with E-state index in [1.54, 1.807) is 4.90 Å². The molecule has 5 nitrogen and oxygen atoms in total. The summed E-state index contributed by atoms with van der Waals surface area (Å²) in [6, 6.07) is 8.36. The number of sulfonamides is 1. The van der Waals surface area contributed by atoms with Crippen molar-refractivity contribution in [1.82, 2.24) is 4.90 Å². The zero-order valence-corrected chi connectivity index (χ0v) is 13.4. The number of hydrogen-bond acceptors (Lipinski definition) is 3. The first-order valence-corrected chi connectivity index (χ1v) is 9.47. The molecule has 0 bridgehead atoms. The fourth-order valence-electron chi connectivity index (χ4n) is 3.69. The number of carbonyl (C=O) groups is 1. The van der Waals surface area contributed by atoms with Crippen LogP contribution in [0.4, 0.5) is 0 Å². The largest absolute Gasteiger partial charge is 0.342 e. The van der Waals surface area contributed by atoms with Crippen molar-refractivity contribution in [2.24, 2.45) is 17.0 Å². The molecule has 0 aromatic heterocycles. The van der Waals surface area contributed by atoms with Crippen LogP contribution in [0.25, 0.3) is 0 Å². The molecule has 0 saturated carbocycles. The van der Waals surface area contributed by atoms with Crippen molar-refractivity contribution < 1.29 is 13.2 Å². The maximum atomic E-state index is 12.4. The second-order valence-electron chi connectivity index (χ2n) is 6.57. The summed E-state index contributed by atoms with van der Waals surface area (Å²) in [4.78, 5) is 14.2. The molecule has 1 aromatic carbocycles. The summed E-state index contributed by atoms with van der Waals surface area (Å²) in [6.07, 6.45) is 3.22. The molecule has 120 valence electrons. The van der Waals surface area contributed by atoms with Gasteiger partial charge in [0, 0.05) is 19.5 Å². The van der Waals surface area contributed by atoms with Crippen molar-refractivity contribution in [3.8, 4) is 0 Å². The summed E-state index contributed by atoms with van der Waals surface area (Å²) in [5, 5.41) is 5.09.